The molecular weight excluding hydrogens is 645 g/mol. The second kappa shape index (κ2) is 13.1. The predicted octanol–water partition coefficient (Wildman–Crippen LogP) is 4.62. The van der Waals surface area contributed by atoms with E-state index in [-0.39, 0.29) is 23.3 Å². The Morgan fingerprint density at radius 1 is 0.976 bits per heavy atom. The highest BCUT2D eigenvalue weighted by Crippen LogP contribution is 2.38. The summed E-state index contributed by atoms with van der Waals surface area (Å²) in [6.45, 7) is 0.344. The minimum Gasteiger partial charge on any atom is -0.422 e. The Morgan fingerprint density at radius 3 is 2.38 bits per heavy atom. The Balaban J connectivity index is 1.52. The third kappa shape index (κ3) is 7.33. The summed E-state index contributed by atoms with van der Waals surface area (Å²) in [5.41, 5.74) is 6.34. The van der Waals surface area contributed by atoms with E-state index >= 15 is 0 Å². The molecule has 2 N–H and O–H groups in total. The van der Waals surface area contributed by atoms with Crippen molar-refractivity contribution >= 4 is 65.5 Å². The molecule has 0 amide bonds. The van der Waals surface area contributed by atoms with Crippen LogP contribution >= 0.6 is 34.5 Å². The number of hydrazine groups is 1. The molecule has 0 aliphatic carbocycles. The number of ether oxygens (including phenoxy) is 1. The number of benzene rings is 3. The van der Waals surface area contributed by atoms with Crippen LogP contribution in [0.25, 0.3) is 21.3 Å². The van der Waals surface area contributed by atoms with E-state index in [1.54, 1.807) is 7.11 Å². The zero-order chi connectivity index (χ0) is 29.9. The molecule has 1 atom stereocenters. The van der Waals surface area contributed by atoms with Gasteiger partial charge in [0.15, 0.2) is 15.1 Å². The number of nitrogens with one attached hydrogen (secondary N) is 2. The average molecular weight is 669 g/mol. The van der Waals surface area contributed by atoms with E-state index < -0.39 is 31.7 Å². The molecule has 3 aromatic carbocycles. The Bertz CT molecular complexity index is 1880. The minimum atomic E-state index is -4.07. The fraction of sp³-hybridized carbons (Fsp3) is 0.192. The maximum Gasteiger partial charge on any atom is 0.241 e. The summed E-state index contributed by atoms with van der Waals surface area (Å²) in [6, 6.07) is 18.2. The van der Waals surface area contributed by atoms with Crippen LogP contribution in [-0.2, 0) is 44.4 Å². The molecule has 0 saturated heterocycles. The molecule has 2 heterocycles. The van der Waals surface area contributed by atoms with Gasteiger partial charge in [-0.25, -0.2) is 27.2 Å². The minimum absolute atomic E-state index is 0.0272. The molecule has 0 aliphatic rings. The Morgan fingerprint density at radius 2 is 1.69 bits per heavy atom. The van der Waals surface area contributed by atoms with E-state index in [1.165, 1.54) is 29.5 Å². The van der Waals surface area contributed by atoms with E-state index in [2.05, 4.69) is 20.6 Å². The summed E-state index contributed by atoms with van der Waals surface area (Å²) < 4.78 is 61.0. The molecule has 220 valence electrons. The van der Waals surface area contributed by atoms with Gasteiger partial charge in [-0.15, -0.1) is 21.5 Å². The van der Waals surface area contributed by atoms with Gasteiger partial charge in [0.05, 0.1) is 29.1 Å². The van der Waals surface area contributed by atoms with Gasteiger partial charge in [0, 0.05) is 17.2 Å². The summed E-state index contributed by atoms with van der Waals surface area (Å²) in [7, 11) is -5.33. The van der Waals surface area contributed by atoms with E-state index in [1.807, 2.05) is 47.3 Å². The molecular formula is C26H23Cl2N5O6S3. The molecule has 0 aliphatic heterocycles. The zero-order valence-corrected chi connectivity index (χ0v) is 25.8. The first-order valence-electron chi connectivity index (χ1n) is 12.2. The van der Waals surface area contributed by atoms with Crippen LogP contribution in [0.1, 0.15) is 33.2 Å². The lowest BCUT2D eigenvalue weighted by Crippen LogP contribution is -2.29. The number of methoxy groups -OCH3 is 1. The van der Waals surface area contributed by atoms with E-state index in [0.29, 0.717) is 27.7 Å². The molecule has 5 aromatic rings. The van der Waals surface area contributed by atoms with Gasteiger partial charge in [0.2, 0.25) is 22.7 Å². The van der Waals surface area contributed by atoms with Gasteiger partial charge in [0.25, 0.3) is 0 Å². The molecule has 1 unspecified atom stereocenters. The lowest BCUT2D eigenvalue weighted by molar-refractivity contribution is 0.185. The second-order valence-electron chi connectivity index (χ2n) is 9.09. The molecule has 0 radical (unpaired) electrons. The quantitative estimate of drug-likeness (QED) is 0.127. The lowest BCUT2D eigenvalue weighted by atomic mass is 10.0. The highest BCUT2D eigenvalue weighted by Gasteiger charge is 2.37. The standard InChI is InChI=1S/C26H23Cl2N5O6S3/c1-38-13-15-2-4-17(5-3-15)18-6-7-21-22(10-18)40-26(30-21)24(25-32-31-23(39-25)12-29-33-41(34)35)42(36,37)14-16-8-19(27)11-20(28)9-16/h2-11,24,29,41H,12-14H2,1H3,(H,33,34,35). The van der Waals surface area contributed by atoms with Crippen molar-refractivity contribution in [2.75, 3.05) is 7.11 Å². The average Bonchev–Trinajstić information content (AvgIpc) is 3.54. The number of thiol groups is 1. The SMILES string of the molecule is COCc1ccc(-c2ccc3nc(C(c4nnc(CNN[SH](=O)=O)o4)S(=O)(=O)Cc4cc(Cl)cc(Cl)c4)sc3c2)cc1. The fourth-order valence-electron chi connectivity index (χ4n) is 4.24. The highest BCUT2D eigenvalue weighted by molar-refractivity contribution is 7.91. The van der Waals surface area contributed by atoms with Crippen LogP contribution in [0, 0.1) is 0 Å². The number of sulfone groups is 1. The van der Waals surface area contributed by atoms with Gasteiger partial charge in [0.1, 0.15) is 5.01 Å². The van der Waals surface area contributed by atoms with Gasteiger partial charge in [-0.05, 0) is 52.6 Å². The third-order valence-electron chi connectivity index (χ3n) is 5.99. The molecule has 11 nitrogen and oxygen atoms in total. The van der Waals surface area contributed by atoms with Crippen molar-refractivity contribution in [3.8, 4) is 11.1 Å². The van der Waals surface area contributed by atoms with Gasteiger partial charge >= 0.3 is 0 Å². The molecule has 2 aromatic heterocycles. The number of hydrogen-bond acceptors (Lipinski definition) is 11. The maximum absolute atomic E-state index is 13.9. The number of halogens is 2. The smallest absolute Gasteiger partial charge is 0.241 e. The number of fused-ring (bicyclic) bond motifs is 1. The van der Waals surface area contributed by atoms with Crippen LogP contribution in [0.3, 0.4) is 0 Å². The zero-order valence-electron chi connectivity index (χ0n) is 21.8. The van der Waals surface area contributed by atoms with Gasteiger partial charge in [-0.3, -0.25) is 0 Å². The monoisotopic (exact) mass is 667 g/mol. The highest BCUT2D eigenvalue weighted by atomic mass is 35.5. The predicted molar refractivity (Wildman–Crippen MR) is 161 cm³/mol. The summed E-state index contributed by atoms with van der Waals surface area (Å²) in [5, 5.41) is 7.27. The molecule has 0 spiro atoms. The van der Waals surface area contributed by atoms with Crippen LogP contribution in [-0.4, -0.2) is 39.1 Å². The van der Waals surface area contributed by atoms with Crippen LogP contribution in [0.4, 0.5) is 0 Å². The van der Waals surface area contributed by atoms with Crippen LogP contribution in [0.15, 0.2) is 65.1 Å². The fourth-order valence-corrected chi connectivity index (χ4v) is 8.15. The maximum atomic E-state index is 13.9. The number of rotatable bonds is 12. The van der Waals surface area contributed by atoms with E-state index in [4.69, 9.17) is 32.4 Å². The molecule has 0 saturated carbocycles. The lowest BCUT2D eigenvalue weighted by Gasteiger charge is -2.12. The Kier molecular flexibility index (Phi) is 9.54. The first kappa shape index (κ1) is 30.5. The molecule has 16 heteroatoms. The van der Waals surface area contributed by atoms with Crippen LogP contribution in [0.2, 0.25) is 10.0 Å². The summed E-state index contributed by atoms with van der Waals surface area (Å²) in [4.78, 5) is 6.63. The van der Waals surface area contributed by atoms with Crippen molar-refractivity contribution < 1.29 is 26.0 Å². The van der Waals surface area contributed by atoms with Crippen LogP contribution < -0.4 is 10.3 Å². The first-order chi connectivity index (χ1) is 20.1. The summed E-state index contributed by atoms with van der Waals surface area (Å²) in [5.74, 6) is -0.665. The van der Waals surface area contributed by atoms with Gasteiger partial charge < -0.3 is 9.15 Å². The van der Waals surface area contributed by atoms with Crippen LogP contribution in [0.5, 0.6) is 0 Å². The second-order valence-corrected chi connectivity index (χ2v) is 13.8. The number of aromatic nitrogens is 3. The van der Waals surface area contributed by atoms with E-state index in [0.717, 1.165) is 21.4 Å². The summed E-state index contributed by atoms with van der Waals surface area (Å²) >= 11 is 13.4. The van der Waals surface area contributed by atoms with Gasteiger partial charge in [-0.2, -0.15) is 4.83 Å². The Hall–Kier alpha value is -2.95. The van der Waals surface area contributed by atoms with Crippen molar-refractivity contribution in [2.45, 2.75) is 24.2 Å². The molecule has 5 rings (SSSR count). The number of thiazole rings is 1. The van der Waals surface area contributed by atoms with Crippen molar-refractivity contribution in [2.24, 2.45) is 0 Å². The van der Waals surface area contributed by atoms with Crippen molar-refractivity contribution in [3.05, 3.63) is 98.6 Å². The number of nitrogens with zero attached hydrogens (tertiary/aromatic N) is 3. The summed E-state index contributed by atoms with van der Waals surface area (Å²) in [6.07, 6.45) is 0. The first-order valence-corrected chi connectivity index (χ1v) is 16.7. The van der Waals surface area contributed by atoms with Crippen molar-refractivity contribution in [1.29, 1.82) is 0 Å². The molecule has 0 fully saturated rings. The molecule has 0 bridgehead atoms. The van der Waals surface area contributed by atoms with Gasteiger partial charge in [-0.1, -0.05) is 53.5 Å². The number of hydrogen-bond donors (Lipinski definition) is 3. The Labute approximate surface area is 256 Å². The van der Waals surface area contributed by atoms with E-state index in [9.17, 15) is 16.8 Å². The van der Waals surface area contributed by atoms with Crippen molar-refractivity contribution in [1.82, 2.24) is 25.4 Å². The normalized spacial score (nSPS) is 12.8. The largest absolute Gasteiger partial charge is 0.422 e. The molecule has 42 heavy (non-hydrogen) atoms. The third-order valence-corrected chi connectivity index (χ3v) is 9.88. The topological polar surface area (TPSA) is 153 Å². The van der Waals surface area contributed by atoms with Crippen molar-refractivity contribution in [3.63, 3.8) is 0 Å².